The molecule has 0 bridgehead atoms. The maximum Gasteiger partial charge on any atom is 0.451 e. The summed E-state index contributed by atoms with van der Waals surface area (Å²) in [6.45, 7) is 3.67. The molecule has 4 aromatic rings. The number of hydrogen-bond donors (Lipinski definition) is 0. The Labute approximate surface area is 176 Å². The molecule has 0 fully saturated rings. The van der Waals surface area contributed by atoms with Gasteiger partial charge in [0.25, 0.3) is 0 Å². The van der Waals surface area contributed by atoms with Gasteiger partial charge in [0, 0.05) is 17.0 Å². The average molecular weight is 459 g/mol. The van der Waals surface area contributed by atoms with Gasteiger partial charge in [-0.25, -0.2) is 19.9 Å². The molecular weight excluding hydrogens is 446 g/mol. The number of rotatable bonds is 0. The standard InChI is InChI=1S/C10H6ClF3N2.C10H7F3N2/c1-5-2-3-7-6(4-5)8(11)16-9(15-7)10(12,13)14;1-6-2-3-8-7(4-6)5-14-9(15-8)10(11,12)13/h2-4H,1H3;2-5H,1H3. The van der Waals surface area contributed by atoms with Crippen molar-refractivity contribution in [3.8, 4) is 0 Å². The Morgan fingerprint density at radius 3 is 1.87 bits per heavy atom. The van der Waals surface area contributed by atoms with Crippen molar-refractivity contribution in [3.63, 3.8) is 0 Å². The highest BCUT2D eigenvalue weighted by Crippen LogP contribution is 2.30. The summed E-state index contributed by atoms with van der Waals surface area (Å²) in [6.07, 6.45) is -7.88. The van der Waals surface area contributed by atoms with Crippen LogP contribution in [0.2, 0.25) is 5.15 Å². The molecule has 0 aliphatic carbocycles. The molecule has 0 amide bonds. The number of fused-ring (bicyclic) bond motifs is 2. The van der Waals surface area contributed by atoms with E-state index in [9.17, 15) is 26.3 Å². The van der Waals surface area contributed by atoms with E-state index in [1.807, 2.05) is 13.8 Å². The van der Waals surface area contributed by atoms with E-state index in [2.05, 4.69) is 19.9 Å². The summed E-state index contributed by atoms with van der Waals surface area (Å²) in [5.41, 5.74) is 2.35. The van der Waals surface area contributed by atoms with Crippen LogP contribution in [0.3, 0.4) is 0 Å². The Kier molecular flexibility index (Phi) is 6.04. The summed E-state index contributed by atoms with van der Waals surface area (Å²) < 4.78 is 74.0. The van der Waals surface area contributed by atoms with Gasteiger partial charge in [-0.3, -0.25) is 0 Å². The molecule has 31 heavy (non-hydrogen) atoms. The van der Waals surface area contributed by atoms with Crippen molar-refractivity contribution >= 4 is 33.4 Å². The molecule has 0 saturated heterocycles. The Hall–Kier alpha value is -3.01. The van der Waals surface area contributed by atoms with Crippen LogP contribution in [0.4, 0.5) is 26.3 Å². The third-order valence-electron chi connectivity index (χ3n) is 4.05. The van der Waals surface area contributed by atoms with E-state index >= 15 is 0 Å². The number of nitrogens with zero attached hydrogens (tertiary/aromatic N) is 4. The molecule has 0 N–H and O–H groups in total. The summed E-state index contributed by atoms with van der Waals surface area (Å²) in [7, 11) is 0. The first-order valence-corrected chi connectivity index (χ1v) is 9.04. The summed E-state index contributed by atoms with van der Waals surface area (Å²) in [4.78, 5) is 13.4. The summed E-state index contributed by atoms with van der Waals surface area (Å²) in [6, 6.07) is 9.84. The molecule has 11 heteroatoms. The van der Waals surface area contributed by atoms with Gasteiger partial charge in [-0.05, 0) is 38.1 Å². The molecule has 0 saturated carbocycles. The van der Waals surface area contributed by atoms with Crippen LogP contribution in [0.1, 0.15) is 22.8 Å². The van der Waals surface area contributed by atoms with Crippen LogP contribution < -0.4 is 0 Å². The quantitative estimate of drug-likeness (QED) is 0.221. The van der Waals surface area contributed by atoms with Crippen LogP contribution in [0.5, 0.6) is 0 Å². The largest absolute Gasteiger partial charge is 0.451 e. The fraction of sp³-hybridized carbons (Fsp3) is 0.200. The lowest BCUT2D eigenvalue weighted by Gasteiger charge is -2.07. The summed E-state index contributed by atoms with van der Waals surface area (Å²) in [5.74, 6) is -2.31. The van der Waals surface area contributed by atoms with Gasteiger partial charge in [-0.15, -0.1) is 0 Å². The minimum atomic E-state index is -4.58. The van der Waals surface area contributed by atoms with Crippen LogP contribution in [0.25, 0.3) is 21.8 Å². The topological polar surface area (TPSA) is 51.6 Å². The zero-order valence-electron chi connectivity index (χ0n) is 16.0. The molecular formula is C20H13ClF6N4. The fourth-order valence-electron chi connectivity index (χ4n) is 2.62. The number of hydrogen-bond acceptors (Lipinski definition) is 4. The van der Waals surface area contributed by atoms with Crippen LogP contribution in [-0.4, -0.2) is 19.9 Å². The lowest BCUT2D eigenvalue weighted by molar-refractivity contribution is -0.145. The Bertz CT molecular complexity index is 1250. The van der Waals surface area contributed by atoms with Gasteiger partial charge in [-0.2, -0.15) is 26.3 Å². The van der Waals surface area contributed by atoms with Crippen LogP contribution in [-0.2, 0) is 12.4 Å². The highest BCUT2D eigenvalue weighted by atomic mass is 35.5. The van der Waals surface area contributed by atoms with E-state index in [-0.39, 0.29) is 10.7 Å². The monoisotopic (exact) mass is 458 g/mol. The molecule has 0 aliphatic heterocycles. The first-order chi connectivity index (χ1) is 14.3. The van der Waals surface area contributed by atoms with Gasteiger partial charge >= 0.3 is 12.4 Å². The van der Waals surface area contributed by atoms with Gasteiger partial charge in [0.1, 0.15) is 5.15 Å². The molecule has 0 radical (unpaired) electrons. The third kappa shape index (κ3) is 5.38. The van der Waals surface area contributed by atoms with Crippen molar-refractivity contribution in [1.82, 2.24) is 19.9 Å². The Morgan fingerprint density at radius 1 is 0.710 bits per heavy atom. The molecule has 4 nitrogen and oxygen atoms in total. The molecule has 0 atom stereocenters. The zero-order valence-corrected chi connectivity index (χ0v) is 16.7. The van der Waals surface area contributed by atoms with E-state index in [4.69, 9.17) is 11.6 Å². The van der Waals surface area contributed by atoms with Crippen LogP contribution >= 0.6 is 11.6 Å². The van der Waals surface area contributed by atoms with E-state index in [0.29, 0.717) is 16.3 Å². The summed E-state index contributed by atoms with van der Waals surface area (Å²) in [5, 5.41) is 0.860. The maximum absolute atomic E-state index is 12.4. The summed E-state index contributed by atoms with van der Waals surface area (Å²) >= 11 is 5.69. The van der Waals surface area contributed by atoms with Crippen molar-refractivity contribution in [2.75, 3.05) is 0 Å². The first kappa shape index (κ1) is 22.7. The minimum Gasteiger partial charge on any atom is -0.232 e. The number of halogens is 7. The number of aromatic nitrogens is 4. The number of aryl methyl sites for hydroxylation is 2. The molecule has 2 aromatic heterocycles. The van der Waals surface area contributed by atoms with Crippen LogP contribution in [0.15, 0.2) is 42.6 Å². The van der Waals surface area contributed by atoms with E-state index in [1.165, 1.54) is 12.3 Å². The second kappa shape index (κ2) is 8.26. The normalized spacial score (nSPS) is 12.0. The molecule has 0 unspecified atom stereocenters. The van der Waals surface area contributed by atoms with Crippen molar-refractivity contribution in [2.45, 2.75) is 26.2 Å². The van der Waals surface area contributed by atoms with Crippen molar-refractivity contribution in [2.24, 2.45) is 0 Å². The van der Waals surface area contributed by atoms with Gasteiger partial charge in [-0.1, -0.05) is 34.9 Å². The van der Waals surface area contributed by atoms with Gasteiger partial charge < -0.3 is 0 Å². The first-order valence-electron chi connectivity index (χ1n) is 8.66. The highest BCUT2D eigenvalue weighted by molar-refractivity contribution is 6.34. The second-order valence-corrected chi connectivity index (χ2v) is 6.97. The van der Waals surface area contributed by atoms with E-state index in [0.717, 1.165) is 11.1 Å². The van der Waals surface area contributed by atoms with E-state index in [1.54, 1.807) is 30.3 Å². The molecule has 2 heterocycles. The van der Waals surface area contributed by atoms with Crippen molar-refractivity contribution in [1.29, 1.82) is 0 Å². The lowest BCUT2D eigenvalue weighted by atomic mass is 10.2. The maximum atomic E-state index is 12.4. The predicted molar refractivity (Wildman–Crippen MR) is 104 cm³/mol. The molecule has 162 valence electrons. The SMILES string of the molecule is Cc1ccc2nc(C(F)(F)F)nc(Cl)c2c1.Cc1ccc2nc(C(F)(F)F)ncc2c1. The zero-order chi connectivity index (χ0) is 23.0. The van der Waals surface area contributed by atoms with Crippen LogP contribution in [0, 0.1) is 13.8 Å². The highest BCUT2D eigenvalue weighted by Gasteiger charge is 2.35. The molecule has 0 aliphatic rings. The van der Waals surface area contributed by atoms with E-state index < -0.39 is 24.0 Å². The number of alkyl halides is 6. The predicted octanol–water partition coefficient (Wildman–Crippen LogP) is 6.57. The fourth-order valence-corrected chi connectivity index (χ4v) is 2.85. The smallest absolute Gasteiger partial charge is 0.232 e. The van der Waals surface area contributed by atoms with Gasteiger partial charge in [0.05, 0.1) is 11.0 Å². The minimum absolute atomic E-state index is 0.180. The Morgan fingerprint density at radius 2 is 1.26 bits per heavy atom. The van der Waals surface area contributed by atoms with Crippen molar-refractivity contribution < 1.29 is 26.3 Å². The van der Waals surface area contributed by atoms with Gasteiger partial charge in [0.2, 0.25) is 11.6 Å². The molecule has 0 spiro atoms. The van der Waals surface area contributed by atoms with Crippen molar-refractivity contribution in [3.05, 3.63) is 70.5 Å². The van der Waals surface area contributed by atoms with Gasteiger partial charge in [0.15, 0.2) is 0 Å². The molecule has 2 aromatic carbocycles. The number of benzene rings is 2. The lowest BCUT2D eigenvalue weighted by Crippen LogP contribution is -2.11. The molecule has 4 rings (SSSR count). The Balaban J connectivity index is 0.000000176. The average Bonchev–Trinajstić information content (AvgIpc) is 2.67. The second-order valence-electron chi connectivity index (χ2n) is 6.61. The third-order valence-corrected chi connectivity index (χ3v) is 4.34.